The van der Waals surface area contributed by atoms with E-state index in [1.165, 1.54) is 0 Å². The van der Waals surface area contributed by atoms with Gasteiger partial charge in [-0.05, 0) is 37.0 Å². The maximum absolute atomic E-state index is 12.4. The van der Waals surface area contributed by atoms with E-state index in [1.807, 2.05) is 19.2 Å². The van der Waals surface area contributed by atoms with Crippen molar-refractivity contribution in [3.05, 3.63) is 35.4 Å². The highest BCUT2D eigenvalue weighted by Crippen LogP contribution is 2.25. The van der Waals surface area contributed by atoms with Crippen molar-refractivity contribution in [2.75, 3.05) is 7.05 Å². The molecule has 2 unspecified atom stereocenters. The molecule has 0 saturated heterocycles. The molecule has 2 N–H and O–H groups in total. The Balaban J connectivity index is 1.94. The van der Waals surface area contributed by atoms with Crippen LogP contribution in [0.2, 0.25) is 0 Å². The molecule has 20 heavy (non-hydrogen) atoms. The van der Waals surface area contributed by atoms with Gasteiger partial charge in [-0.15, -0.1) is 0 Å². The molecule has 1 aliphatic rings. The number of amides is 1. The number of hydrogen-bond acceptors (Lipinski definition) is 3. The minimum Gasteiger partial charge on any atom is -0.341 e. The van der Waals surface area contributed by atoms with Gasteiger partial charge in [-0.3, -0.25) is 4.79 Å². The molecule has 1 aliphatic carbocycles. The molecular weight excluding hydrogens is 250 g/mol. The molecule has 0 bridgehead atoms. The Hall–Kier alpha value is -1.86. The topological polar surface area (TPSA) is 70.1 Å². The van der Waals surface area contributed by atoms with Crippen molar-refractivity contribution in [2.45, 2.75) is 38.3 Å². The van der Waals surface area contributed by atoms with Crippen LogP contribution in [0.15, 0.2) is 24.3 Å². The Morgan fingerprint density at radius 2 is 2.10 bits per heavy atom. The number of hydrogen-bond donors (Lipinski definition) is 1. The van der Waals surface area contributed by atoms with E-state index in [-0.39, 0.29) is 17.9 Å². The second-order valence-electron chi connectivity index (χ2n) is 5.63. The number of carbonyl (C=O) groups excluding carboxylic acids is 1. The quantitative estimate of drug-likeness (QED) is 0.914. The average Bonchev–Trinajstić information content (AvgIpc) is 2.47. The first-order chi connectivity index (χ1) is 9.60. The van der Waals surface area contributed by atoms with Gasteiger partial charge in [0.1, 0.15) is 0 Å². The number of benzene rings is 1. The number of nitriles is 1. The van der Waals surface area contributed by atoms with Crippen LogP contribution in [0.4, 0.5) is 0 Å². The summed E-state index contributed by atoms with van der Waals surface area (Å²) in [5.74, 6) is 0.256. The van der Waals surface area contributed by atoms with Crippen molar-refractivity contribution in [2.24, 2.45) is 11.7 Å². The van der Waals surface area contributed by atoms with Crippen molar-refractivity contribution in [1.29, 1.82) is 5.26 Å². The first-order valence-electron chi connectivity index (χ1n) is 7.09. The summed E-state index contributed by atoms with van der Waals surface area (Å²) in [6.07, 6.45) is 3.83. The minimum absolute atomic E-state index is 0.0714. The zero-order chi connectivity index (χ0) is 14.5. The number of nitrogens with two attached hydrogens (primary N) is 1. The summed E-state index contributed by atoms with van der Waals surface area (Å²) < 4.78 is 0. The molecule has 106 valence electrons. The van der Waals surface area contributed by atoms with E-state index in [4.69, 9.17) is 11.0 Å². The monoisotopic (exact) mass is 271 g/mol. The molecule has 0 radical (unpaired) electrons. The van der Waals surface area contributed by atoms with Crippen molar-refractivity contribution < 1.29 is 4.79 Å². The highest BCUT2D eigenvalue weighted by molar-refractivity contribution is 5.78. The van der Waals surface area contributed by atoms with Crippen LogP contribution in [-0.4, -0.2) is 23.9 Å². The SMILES string of the molecule is CN(Cc1ccc(C#N)cc1)C(=O)C1CCCC(N)C1. The largest absolute Gasteiger partial charge is 0.341 e. The van der Waals surface area contributed by atoms with E-state index in [9.17, 15) is 4.79 Å². The standard InChI is InChI=1S/C16H21N3O/c1-19(11-13-7-5-12(10-17)6-8-13)16(20)14-3-2-4-15(18)9-14/h5-8,14-15H,2-4,9,11,18H2,1H3. The van der Waals surface area contributed by atoms with Crippen molar-refractivity contribution in [3.63, 3.8) is 0 Å². The minimum atomic E-state index is 0.0714. The zero-order valence-electron chi connectivity index (χ0n) is 11.9. The van der Waals surface area contributed by atoms with Crippen LogP contribution in [0, 0.1) is 17.2 Å². The maximum atomic E-state index is 12.4. The van der Waals surface area contributed by atoms with Crippen LogP contribution in [-0.2, 0) is 11.3 Å². The highest BCUT2D eigenvalue weighted by Gasteiger charge is 2.27. The smallest absolute Gasteiger partial charge is 0.225 e. The lowest BCUT2D eigenvalue weighted by molar-refractivity contribution is -0.135. The van der Waals surface area contributed by atoms with Gasteiger partial charge in [-0.25, -0.2) is 0 Å². The van der Waals surface area contributed by atoms with Crippen molar-refractivity contribution in [1.82, 2.24) is 4.90 Å². The maximum Gasteiger partial charge on any atom is 0.225 e. The fourth-order valence-corrected chi connectivity index (χ4v) is 2.80. The summed E-state index contributed by atoms with van der Waals surface area (Å²) in [5.41, 5.74) is 7.63. The third kappa shape index (κ3) is 3.58. The van der Waals surface area contributed by atoms with Gasteiger partial charge in [0.2, 0.25) is 5.91 Å². The fourth-order valence-electron chi connectivity index (χ4n) is 2.80. The lowest BCUT2D eigenvalue weighted by Crippen LogP contribution is -2.38. The van der Waals surface area contributed by atoms with Crippen LogP contribution in [0.25, 0.3) is 0 Å². The average molecular weight is 271 g/mol. The van der Waals surface area contributed by atoms with Gasteiger partial charge in [-0.1, -0.05) is 18.6 Å². The molecule has 4 nitrogen and oxygen atoms in total. The predicted molar refractivity (Wildman–Crippen MR) is 77.6 cm³/mol. The summed E-state index contributed by atoms with van der Waals surface area (Å²) in [4.78, 5) is 14.2. The van der Waals surface area contributed by atoms with Crippen LogP contribution in [0.3, 0.4) is 0 Å². The Bertz CT molecular complexity index is 503. The fraction of sp³-hybridized carbons (Fsp3) is 0.500. The molecule has 0 spiro atoms. The Morgan fingerprint density at radius 3 is 2.70 bits per heavy atom. The van der Waals surface area contributed by atoms with E-state index in [0.717, 1.165) is 31.2 Å². The van der Waals surface area contributed by atoms with Gasteiger partial charge in [0.15, 0.2) is 0 Å². The summed E-state index contributed by atoms with van der Waals surface area (Å²) in [7, 11) is 1.83. The van der Waals surface area contributed by atoms with Crippen molar-refractivity contribution >= 4 is 5.91 Å². The number of carbonyl (C=O) groups is 1. The van der Waals surface area contributed by atoms with Crippen molar-refractivity contribution in [3.8, 4) is 6.07 Å². The van der Waals surface area contributed by atoms with E-state index in [0.29, 0.717) is 12.1 Å². The van der Waals surface area contributed by atoms with E-state index >= 15 is 0 Å². The summed E-state index contributed by atoms with van der Waals surface area (Å²) in [6.45, 7) is 0.580. The highest BCUT2D eigenvalue weighted by atomic mass is 16.2. The molecule has 1 aromatic rings. The summed E-state index contributed by atoms with van der Waals surface area (Å²) in [5, 5.41) is 8.77. The lowest BCUT2D eigenvalue weighted by atomic mass is 9.85. The second kappa shape index (κ2) is 6.53. The summed E-state index contributed by atoms with van der Waals surface area (Å²) in [6, 6.07) is 9.62. The molecule has 4 heteroatoms. The van der Waals surface area contributed by atoms with E-state index < -0.39 is 0 Å². The third-order valence-corrected chi connectivity index (χ3v) is 3.94. The zero-order valence-corrected chi connectivity index (χ0v) is 11.9. The molecule has 1 amide bonds. The molecule has 0 aliphatic heterocycles. The molecule has 2 atom stereocenters. The van der Waals surface area contributed by atoms with Gasteiger partial charge in [0.05, 0.1) is 11.6 Å². The van der Waals surface area contributed by atoms with Crippen LogP contribution < -0.4 is 5.73 Å². The second-order valence-corrected chi connectivity index (χ2v) is 5.63. The Morgan fingerprint density at radius 1 is 1.40 bits per heavy atom. The molecular formula is C16H21N3O. The number of rotatable bonds is 3. The third-order valence-electron chi connectivity index (χ3n) is 3.94. The van der Waals surface area contributed by atoms with Crippen LogP contribution in [0.1, 0.15) is 36.8 Å². The van der Waals surface area contributed by atoms with E-state index in [1.54, 1.807) is 17.0 Å². The number of nitrogens with zero attached hydrogens (tertiary/aromatic N) is 2. The van der Waals surface area contributed by atoms with Gasteiger partial charge in [0, 0.05) is 25.6 Å². The first kappa shape index (κ1) is 14.5. The molecule has 1 fully saturated rings. The Labute approximate surface area is 120 Å². The molecule has 1 saturated carbocycles. The first-order valence-corrected chi connectivity index (χ1v) is 7.09. The lowest BCUT2D eigenvalue weighted by Gasteiger charge is -2.29. The van der Waals surface area contributed by atoms with Crippen LogP contribution in [0.5, 0.6) is 0 Å². The molecule has 0 aromatic heterocycles. The normalized spacial score (nSPS) is 22.1. The molecule has 2 rings (SSSR count). The van der Waals surface area contributed by atoms with E-state index in [2.05, 4.69) is 6.07 Å². The predicted octanol–water partition coefficient (Wildman–Crippen LogP) is 2.03. The van der Waals surface area contributed by atoms with Gasteiger partial charge < -0.3 is 10.6 Å². The Kier molecular flexibility index (Phi) is 4.75. The molecule has 0 heterocycles. The molecule has 1 aromatic carbocycles. The van der Waals surface area contributed by atoms with Gasteiger partial charge in [0.25, 0.3) is 0 Å². The summed E-state index contributed by atoms with van der Waals surface area (Å²) >= 11 is 0. The van der Waals surface area contributed by atoms with Crippen LogP contribution >= 0.6 is 0 Å². The van der Waals surface area contributed by atoms with Gasteiger partial charge in [-0.2, -0.15) is 5.26 Å². The van der Waals surface area contributed by atoms with Gasteiger partial charge >= 0.3 is 0 Å².